The Morgan fingerprint density at radius 2 is 1.50 bits per heavy atom. The van der Waals surface area contributed by atoms with Crippen LogP contribution in [0.3, 0.4) is 0 Å². The van der Waals surface area contributed by atoms with E-state index in [1.165, 1.54) is 27.5 Å². The van der Waals surface area contributed by atoms with Crippen LogP contribution in [0.4, 0.5) is 0 Å². The van der Waals surface area contributed by atoms with Crippen molar-refractivity contribution >= 4 is 10.8 Å². The highest BCUT2D eigenvalue weighted by Gasteiger charge is 2.18. The van der Waals surface area contributed by atoms with Crippen LogP contribution in [0.25, 0.3) is 10.8 Å². The molecule has 0 spiro atoms. The Hall–Kier alpha value is -2.12. The van der Waals surface area contributed by atoms with Crippen molar-refractivity contribution in [1.29, 1.82) is 0 Å². The maximum absolute atomic E-state index is 2.48. The predicted octanol–water partition coefficient (Wildman–Crippen LogP) is 6.72. The van der Waals surface area contributed by atoms with Crippen molar-refractivity contribution in [2.24, 2.45) is 0 Å². The number of nitrogens with zero attached hydrogens (tertiary/aromatic N) is 1. The zero-order chi connectivity index (χ0) is 18.7. The third-order valence-corrected chi connectivity index (χ3v) is 5.35. The normalized spacial score (nSPS) is 13.3. The van der Waals surface area contributed by atoms with Gasteiger partial charge in [0.15, 0.2) is 0 Å². The van der Waals surface area contributed by atoms with Crippen molar-refractivity contribution in [1.82, 2.24) is 4.90 Å². The molecule has 0 radical (unpaired) electrons. The van der Waals surface area contributed by atoms with Gasteiger partial charge in [0.2, 0.25) is 0 Å². The fourth-order valence-electron chi connectivity index (χ4n) is 3.82. The van der Waals surface area contributed by atoms with Gasteiger partial charge in [-0.15, -0.1) is 0 Å². The van der Waals surface area contributed by atoms with E-state index in [1.54, 1.807) is 0 Å². The summed E-state index contributed by atoms with van der Waals surface area (Å²) >= 11 is 0. The van der Waals surface area contributed by atoms with Gasteiger partial charge in [0, 0.05) is 12.6 Å². The van der Waals surface area contributed by atoms with Crippen LogP contribution in [0.1, 0.15) is 56.8 Å². The molecule has 0 saturated carbocycles. The summed E-state index contributed by atoms with van der Waals surface area (Å²) in [5.41, 5.74) is 4.41. The molecular weight excluding hydrogens is 314 g/mol. The summed E-state index contributed by atoms with van der Waals surface area (Å²) in [6, 6.07) is 24.9. The van der Waals surface area contributed by atoms with Crippen LogP contribution >= 0.6 is 0 Å². The third-order valence-electron chi connectivity index (χ3n) is 5.35. The third kappa shape index (κ3) is 3.99. The largest absolute Gasteiger partial charge is 0.295 e. The predicted molar refractivity (Wildman–Crippen MR) is 114 cm³/mol. The SMILES string of the molecule is CCC(c1cccc2ccccc12)N(C)Cc1ccc(C(C)(C)C)cc1. The molecule has 26 heavy (non-hydrogen) atoms. The molecule has 0 bridgehead atoms. The molecule has 1 nitrogen and oxygen atoms in total. The van der Waals surface area contributed by atoms with E-state index in [4.69, 9.17) is 0 Å². The van der Waals surface area contributed by atoms with Crippen molar-refractivity contribution in [3.63, 3.8) is 0 Å². The molecule has 0 aromatic heterocycles. The van der Waals surface area contributed by atoms with Crippen LogP contribution in [0.2, 0.25) is 0 Å². The number of fused-ring (bicyclic) bond motifs is 1. The zero-order valence-electron chi connectivity index (χ0n) is 16.8. The lowest BCUT2D eigenvalue weighted by Crippen LogP contribution is -2.24. The van der Waals surface area contributed by atoms with Gasteiger partial charge in [0.25, 0.3) is 0 Å². The Kier molecular flexibility index (Phi) is 5.48. The molecule has 1 atom stereocenters. The van der Waals surface area contributed by atoms with Crippen LogP contribution in [0.15, 0.2) is 66.7 Å². The molecule has 0 fully saturated rings. The highest BCUT2D eigenvalue weighted by atomic mass is 15.1. The van der Waals surface area contributed by atoms with Gasteiger partial charge in [0.1, 0.15) is 0 Å². The second-order valence-electron chi connectivity index (χ2n) is 8.35. The van der Waals surface area contributed by atoms with Crippen molar-refractivity contribution < 1.29 is 0 Å². The van der Waals surface area contributed by atoms with Gasteiger partial charge in [-0.3, -0.25) is 4.90 Å². The molecule has 0 aliphatic rings. The van der Waals surface area contributed by atoms with E-state index in [2.05, 4.69) is 106 Å². The molecule has 0 heterocycles. The van der Waals surface area contributed by atoms with Crippen molar-refractivity contribution in [3.8, 4) is 0 Å². The van der Waals surface area contributed by atoms with Gasteiger partial charge in [-0.2, -0.15) is 0 Å². The standard InChI is InChI=1S/C25H31N/c1-6-24(23-13-9-11-20-10-7-8-12-22(20)23)26(5)18-19-14-16-21(17-15-19)25(2,3)4/h7-17,24H,6,18H2,1-5H3. The van der Waals surface area contributed by atoms with E-state index >= 15 is 0 Å². The number of benzene rings is 3. The minimum atomic E-state index is 0.208. The summed E-state index contributed by atoms with van der Waals surface area (Å²) in [5, 5.41) is 2.70. The molecule has 0 aliphatic carbocycles. The van der Waals surface area contributed by atoms with Crippen molar-refractivity contribution in [3.05, 3.63) is 83.4 Å². The van der Waals surface area contributed by atoms with E-state index in [0.717, 1.165) is 13.0 Å². The van der Waals surface area contributed by atoms with Crippen LogP contribution in [0.5, 0.6) is 0 Å². The van der Waals surface area contributed by atoms with E-state index in [9.17, 15) is 0 Å². The van der Waals surface area contributed by atoms with Crippen LogP contribution in [0, 0.1) is 0 Å². The molecule has 1 heteroatoms. The Balaban J connectivity index is 1.84. The Bertz CT molecular complexity index is 850. The summed E-state index contributed by atoms with van der Waals surface area (Å²) in [6.07, 6.45) is 1.10. The number of hydrogen-bond donors (Lipinski definition) is 0. The lowest BCUT2D eigenvalue weighted by atomic mass is 9.86. The Morgan fingerprint density at radius 3 is 2.15 bits per heavy atom. The fraction of sp³-hybridized carbons (Fsp3) is 0.360. The molecule has 0 aliphatic heterocycles. The second-order valence-corrected chi connectivity index (χ2v) is 8.35. The lowest BCUT2D eigenvalue weighted by molar-refractivity contribution is 0.232. The first-order valence-corrected chi connectivity index (χ1v) is 9.67. The van der Waals surface area contributed by atoms with Gasteiger partial charge in [-0.05, 0) is 46.3 Å². The number of hydrogen-bond acceptors (Lipinski definition) is 1. The summed E-state index contributed by atoms with van der Waals surface area (Å²) in [7, 11) is 2.24. The first-order valence-electron chi connectivity index (χ1n) is 9.67. The highest BCUT2D eigenvalue weighted by Crippen LogP contribution is 2.31. The van der Waals surface area contributed by atoms with Gasteiger partial charge in [0.05, 0.1) is 0 Å². The van der Waals surface area contributed by atoms with Crippen LogP contribution < -0.4 is 0 Å². The maximum Gasteiger partial charge on any atom is 0.0352 e. The summed E-state index contributed by atoms with van der Waals surface area (Å²) in [4.78, 5) is 2.48. The minimum absolute atomic E-state index is 0.208. The minimum Gasteiger partial charge on any atom is -0.295 e. The molecule has 0 amide bonds. The monoisotopic (exact) mass is 345 g/mol. The second kappa shape index (κ2) is 7.63. The van der Waals surface area contributed by atoms with Gasteiger partial charge >= 0.3 is 0 Å². The van der Waals surface area contributed by atoms with Crippen molar-refractivity contribution in [2.45, 2.75) is 52.1 Å². The number of rotatable bonds is 5. The topological polar surface area (TPSA) is 3.24 Å². The molecule has 0 N–H and O–H groups in total. The molecule has 1 unspecified atom stereocenters. The zero-order valence-corrected chi connectivity index (χ0v) is 16.8. The quantitative estimate of drug-likeness (QED) is 0.496. The molecule has 0 saturated heterocycles. The van der Waals surface area contributed by atoms with Crippen molar-refractivity contribution in [2.75, 3.05) is 7.05 Å². The Labute approximate surface area is 158 Å². The highest BCUT2D eigenvalue weighted by molar-refractivity contribution is 5.86. The summed E-state index contributed by atoms with van der Waals surface area (Å²) < 4.78 is 0. The van der Waals surface area contributed by atoms with E-state index < -0.39 is 0 Å². The average Bonchev–Trinajstić information content (AvgIpc) is 2.62. The van der Waals surface area contributed by atoms with E-state index in [0.29, 0.717) is 6.04 Å². The molecule has 136 valence electrons. The molecule has 3 rings (SSSR count). The van der Waals surface area contributed by atoms with Gasteiger partial charge < -0.3 is 0 Å². The molecule has 3 aromatic carbocycles. The van der Waals surface area contributed by atoms with Gasteiger partial charge in [-0.1, -0.05) is 94.4 Å². The maximum atomic E-state index is 2.48. The van der Waals surface area contributed by atoms with E-state index in [-0.39, 0.29) is 5.41 Å². The molecule has 3 aromatic rings. The van der Waals surface area contributed by atoms with E-state index in [1.807, 2.05) is 0 Å². The Morgan fingerprint density at radius 1 is 0.846 bits per heavy atom. The van der Waals surface area contributed by atoms with Gasteiger partial charge in [-0.25, -0.2) is 0 Å². The van der Waals surface area contributed by atoms with Crippen LogP contribution in [-0.4, -0.2) is 11.9 Å². The lowest BCUT2D eigenvalue weighted by Gasteiger charge is -2.29. The molecular formula is C25H31N. The van der Waals surface area contributed by atoms with Crippen LogP contribution in [-0.2, 0) is 12.0 Å². The smallest absolute Gasteiger partial charge is 0.0352 e. The first-order chi connectivity index (χ1) is 12.4. The first kappa shape index (κ1) is 18.7. The summed E-state index contributed by atoms with van der Waals surface area (Å²) in [5.74, 6) is 0. The average molecular weight is 346 g/mol. The summed E-state index contributed by atoms with van der Waals surface area (Å²) in [6.45, 7) is 10.0. The fourth-order valence-corrected chi connectivity index (χ4v) is 3.82.